The molecule has 0 radical (unpaired) electrons. The highest BCUT2D eigenvalue weighted by Crippen LogP contribution is 2.31. The molecule has 0 aromatic heterocycles. The third-order valence-corrected chi connectivity index (χ3v) is 8.08. The summed E-state index contributed by atoms with van der Waals surface area (Å²) in [7, 11) is -0.259. The maximum absolute atomic E-state index is 6.39. The van der Waals surface area contributed by atoms with Crippen molar-refractivity contribution in [3.63, 3.8) is 0 Å². The van der Waals surface area contributed by atoms with Crippen LogP contribution in [-0.2, 0) is 8.85 Å². The Kier molecular flexibility index (Phi) is 5.86. The van der Waals surface area contributed by atoms with Gasteiger partial charge in [0.2, 0.25) is 0 Å². The first kappa shape index (κ1) is 15.0. The lowest BCUT2D eigenvalue weighted by molar-refractivity contribution is 0.220. The van der Waals surface area contributed by atoms with Crippen LogP contribution in [0.2, 0.25) is 6.04 Å². The van der Waals surface area contributed by atoms with Crippen LogP contribution in [0.3, 0.4) is 0 Å². The lowest BCUT2D eigenvalue weighted by atomic mass is 10.0. The van der Waals surface area contributed by atoms with Gasteiger partial charge in [0.15, 0.2) is 0 Å². The molecule has 0 heterocycles. The molecule has 0 aromatic carbocycles. The van der Waals surface area contributed by atoms with E-state index in [4.69, 9.17) is 8.85 Å². The standard InChI is InChI=1S/C16H28O2Si/c1-3-19(17-2,16-12-8-5-9-13-16)18-14-15-10-6-4-7-11-15/h10,12H,3-9,11,13-14H2,1-2H3. The van der Waals surface area contributed by atoms with E-state index in [1.807, 2.05) is 7.11 Å². The molecule has 2 nitrogen and oxygen atoms in total. The van der Waals surface area contributed by atoms with E-state index in [9.17, 15) is 0 Å². The van der Waals surface area contributed by atoms with Gasteiger partial charge in [0, 0.05) is 7.11 Å². The first-order valence-corrected chi connectivity index (χ1v) is 9.89. The van der Waals surface area contributed by atoms with E-state index in [1.165, 1.54) is 62.1 Å². The van der Waals surface area contributed by atoms with Gasteiger partial charge in [0.1, 0.15) is 0 Å². The van der Waals surface area contributed by atoms with Crippen LogP contribution >= 0.6 is 0 Å². The normalized spacial score (nSPS) is 23.5. The Morgan fingerprint density at radius 2 is 1.79 bits per heavy atom. The number of hydrogen-bond donors (Lipinski definition) is 0. The topological polar surface area (TPSA) is 18.5 Å². The van der Waals surface area contributed by atoms with Gasteiger partial charge in [0.25, 0.3) is 0 Å². The van der Waals surface area contributed by atoms with Crippen LogP contribution in [0.15, 0.2) is 22.9 Å². The summed E-state index contributed by atoms with van der Waals surface area (Å²) in [5, 5.41) is 1.50. The maximum Gasteiger partial charge on any atom is 0.367 e. The van der Waals surface area contributed by atoms with E-state index in [0.717, 1.165) is 12.7 Å². The smallest absolute Gasteiger partial charge is 0.367 e. The zero-order chi connectivity index (χ0) is 13.6. The number of hydrogen-bond acceptors (Lipinski definition) is 2. The van der Waals surface area contributed by atoms with Crippen molar-refractivity contribution in [2.75, 3.05) is 13.7 Å². The average Bonchev–Trinajstić information content (AvgIpc) is 2.51. The highest BCUT2D eigenvalue weighted by molar-refractivity contribution is 6.74. The summed E-state index contributed by atoms with van der Waals surface area (Å²) >= 11 is 0. The van der Waals surface area contributed by atoms with Gasteiger partial charge in [-0.15, -0.1) is 0 Å². The summed E-state index contributed by atoms with van der Waals surface area (Å²) < 4.78 is 12.3. The molecule has 0 fully saturated rings. The molecule has 1 unspecified atom stereocenters. The summed E-state index contributed by atoms with van der Waals surface area (Å²) in [5.74, 6) is 0. The Bertz CT molecular complexity index is 343. The van der Waals surface area contributed by atoms with Crippen molar-refractivity contribution in [2.45, 2.75) is 64.3 Å². The first-order chi connectivity index (χ1) is 9.30. The lowest BCUT2D eigenvalue weighted by Gasteiger charge is -2.33. The molecule has 0 amide bonds. The van der Waals surface area contributed by atoms with Gasteiger partial charge in [-0.25, -0.2) is 0 Å². The van der Waals surface area contributed by atoms with Crippen LogP contribution in [0.5, 0.6) is 0 Å². The summed E-state index contributed by atoms with van der Waals surface area (Å²) in [6.45, 7) is 3.02. The van der Waals surface area contributed by atoms with Gasteiger partial charge in [-0.3, -0.25) is 0 Å². The Balaban J connectivity index is 2.01. The summed E-state index contributed by atoms with van der Waals surface area (Å²) in [6, 6.07) is 1.03. The average molecular weight is 280 g/mol. The molecule has 0 aromatic rings. The lowest BCUT2D eigenvalue weighted by Crippen LogP contribution is -2.44. The van der Waals surface area contributed by atoms with E-state index in [0.29, 0.717) is 0 Å². The molecular weight excluding hydrogens is 252 g/mol. The molecule has 2 aliphatic rings. The molecule has 0 saturated carbocycles. The van der Waals surface area contributed by atoms with E-state index in [1.54, 1.807) is 0 Å². The molecular formula is C16H28O2Si. The third-order valence-electron chi connectivity index (χ3n) is 4.45. The largest absolute Gasteiger partial charge is 0.395 e. The fourth-order valence-electron chi connectivity index (χ4n) is 3.19. The predicted octanol–water partition coefficient (Wildman–Crippen LogP) is 4.65. The molecule has 0 bridgehead atoms. The second kappa shape index (κ2) is 7.41. The van der Waals surface area contributed by atoms with Crippen LogP contribution in [0.1, 0.15) is 58.3 Å². The van der Waals surface area contributed by atoms with E-state index in [-0.39, 0.29) is 0 Å². The van der Waals surface area contributed by atoms with Crippen molar-refractivity contribution in [2.24, 2.45) is 0 Å². The molecule has 3 heteroatoms. The molecule has 0 spiro atoms. The van der Waals surface area contributed by atoms with Crippen molar-refractivity contribution >= 4 is 8.56 Å². The van der Waals surface area contributed by atoms with Crippen LogP contribution in [0, 0.1) is 0 Å². The Morgan fingerprint density at radius 3 is 2.32 bits per heavy atom. The molecule has 0 aliphatic heterocycles. The minimum atomic E-state index is -2.11. The number of allylic oxidation sites excluding steroid dienone is 3. The van der Waals surface area contributed by atoms with E-state index >= 15 is 0 Å². The first-order valence-electron chi connectivity index (χ1n) is 7.87. The highest BCUT2D eigenvalue weighted by Gasteiger charge is 2.39. The zero-order valence-electron chi connectivity index (χ0n) is 12.5. The predicted molar refractivity (Wildman–Crippen MR) is 82.3 cm³/mol. The van der Waals surface area contributed by atoms with Gasteiger partial charge in [0.05, 0.1) is 6.61 Å². The fraction of sp³-hybridized carbons (Fsp3) is 0.750. The highest BCUT2D eigenvalue weighted by atomic mass is 28.4. The Labute approximate surface area is 119 Å². The van der Waals surface area contributed by atoms with Gasteiger partial charge in [-0.1, -0.05) is 19.1 Å². The van der Waals surface area contributed by atoms with Crippen molar-refractivity contribution < 1.29 is 8.85 Å². The zero-order valence-corrected chi connectivity index (χ0v) is 13.5. The second-order valence-corrected chi connectivity index (χ2v) is 9.23. The molecule has 2 rings (SSSR count). The molecule has 19 heavy (non-hydrogen) atoms. The summed E-state index contributed by atoms with van der Waals surface area (Å²) in [4.78, 5) is 0. The van der Waals surface area contributed by atoms with E-state index in [2.05, 4.69) is 19.1 Å². The monoisotopic (exact) mass is 280 g/mol. The van der Waals surface area contributed by atoms with Crippen molar-refractivity contribution in [1.29, 1.82) is 0 Å². The molecule has 2 aliphatic carbocycles. The minimum Gasteiger partial charge on any atom is -0.395 e. The summed E-state index contributed by atoms with van der Waals surface area (Å²) in [6.07, 6.45) is 14.9. The molecule has 1 atom stereocenters. The molecule has 0 saturated heterocycles. The second-order valence-electron chi connectivity index (χ2n) is 5.68. The quantitative estimate of drug-likeness (QED) is 0.521. The fourth-order valence-corrected chi connectivity index (χ4v) is 6.13. The Hall–Kier alpha value is -0.383. The minimum absolute atomic E-state index is 0.797. The molecule has 0 N–H and O–H groups in total. The van der Waals surface area contributed by atoms with Crippen LogP contribution < -0.4 is 0 Å². The number of rotatable bonds is 6. The van der Waals surface area contributed by atoms with E-state index < -0.39 is 8.56 Å². The maximum atomic E-state index is 6.39. The van der Waals surface area contributed by atoms with Gasteiger partial charge in [-0.2, -0.15) is 0 Å². The third kappa shape index (κ3) is 3.80. The van der Waals surface area contributed by atoms with Crippen molar-refractivity contribution in [3.8, 4) is 0 Å². The molecule has 108 valence electrons. The van der Waals surface area contributed by atoms with Crippen molar-refractivity contribution in [1.82, 2.24) is 0 Å². The van der Waals surface area contributed by atoms with Crippen LogP contribution in [0.25, 0.3) is 0 Å². The SMILES string of the molecule is CC[Si](OC)(OCC1=CCCCC1)C1=CCCCC1. The van der Waals surface area contributed by atoms with Gasteiger partial charge in [-0.05, 0) is 68.2 Å². The summed E-state index contributed by atoms with van der Waals surface area (Å²) in [5.41, 5.74) is 1.49. The van der Waals surface area contributed by atoms with Gasteiger partial charge < -0.3 is 8.85 Å². The van der Waals surface area contributed by atoms with Crippen LogP contribution in [-0.4, -0.2) is 22.3 Å². The Morgan fingerprint density at radius 1 is 1.05 bits per heavy atom. The van der Waals surface area contributed by atoms with Gasteiger partial charge >= 0.3 is 8.56 Å². The van der Waals surface area contributed by atoms with Crippen molar-refractivity contribution in [3.05, 3.63) is 22.9 Å². The van der Waals surface area contributed by atoms with Crippen LogP contribution in [0.4, 0.5) is 0 Å².